The molecule has 0 aliphatic heterocycles. The Labute approximate surface area is 128 Å². The zero-order valence-corrected chi connectivity index (χ0v) is 14.1. The van der Waals surface area contributed by atoms with Gasteiger partial charge in [-0.3, -0.25) is 4.98 Å². The van der Waals surface area contributed by atoms with Crippen LogP contribution in [0.2, 0.25) is 0 Å². The van der Waals surface area contributed by atoms with E-state index in [1.165, 1.54) is 69.5 Å². The van der Waals surface area contributed by atoms with Crippen molar-refractivity contribution in [2.75, 3.05) is 5.33 Å². The van der Waals surface area contributed by atoms with Crippen molar-refractivity contribution < 1.29 is 0 Å². The Morgan fingerprint density at radius 3 is 1.47 bits per heavy atom. The van der Waals surface area contributed by atoms with Crippen molar-refractivity contribution in [3.63, 3.8) is 0 Å². The third kappa shape index (κ3) is 17.6. The molecule has 0 bridgehead atoms. The topological polar surface area (TPSA) is 12.9 Å². The Morgan fingerprint density at radius 2 is 1.16 bits per heavy atom. The van der Waals surface area contributed by atoms with Crippen LogP contribution in [0.15, 0.2) is 30.6 Å². The number of hydrogen-bond acceptors (Lipinski definition) is 1. The van der Waals surface area contributed by atoms with Crippen LogP contribution >= 0.6 is 15.9 Å². The molecule has 0 unspecified atom stereocenters. The predicted octanol–water partition coefficient (Wildman–Crippen LogP) is 6.38. The van der Waals surface area contributed by atoms with Gasteiger partial charge in [-0.15, -0.1) is 0 Å². The summed E-state index contributed by atoms with van der Waals surface area (Å²) in [7, 11) is 0. The smallest absolute Gasteiger partial charge is 0.0267 e. The normalized spacial score (nSPS) is 9.79. The van der Waals surface area contributed by atoms with Gasteiger partial charge >= 0.3 is 0 Å². The van der Waals surface area contributed by atoms with Crippen molar-refractivity contribution in [1.82, 2.24) is 4.98 Å². The summed E-state index contributed by atoms with van der Waals surface area (Å²) in [4.78, 5) is 3.78. The summed E-state index contributed by atoms with van der Waals surface area (Å²) in [5.41, 5.74) is 0. The van der Waals surface area contributed by atoms with Gasteiger partial charge in [0.2, 0.25) is 0 Å². The van der Waals surface area contributed by atoms with Gasteiger partial charge in [-0.25, -0.2) is 0 Å². The van der Waals surface area contributed by atoms with Gasteiger partial charge in [-0.1, -0.05) is 86.7 Å². The highest BCUT2D eigenvalue weighted by molar-refractivity contribution is 9.09. The minimum atomic E-state index is 1.18. The number of hydrogen-bond donors (Lipinski definition) is 0. The van der Waals surface area contributed by atoms with E-state index in [0.717, 1.165) is 0 Å². The van der Waals surface area contributed by atoms with E-state index in [0.29, 0.717) is 0 Å². The summed E-state index contributed by atoms with van der Waals surface area (Å²) in [5, 5.41) is 1.18. The quantitative estimate of drug-likeness (QED) is 0.358. The number of rotatable bonds is 10. The maximum atomic E-state index is 3.78. The molecule has 1 nitrogen and oxygen atoms in total. The first-order valence-corrected chi connectivity index (χ1v) is 8.95. The summed E-state index contributed by atoms with van der Waals surface area (Å²) >= 11 is 3.46. The molecule has 0 saturated carbocycles. The average Bonchev–Trinajstić information content (AvgIpc) is 2.48. The van der Waals surface area contributed by atoms with Gasteiger partial charge < -0.3 is 0 Å². The summed E-state index contributed by atoms with van der Waals surface area (Å²) < 4.78 is 0. The molecular weight excluding hydrogens is 298 g/mol. The third-order valence-electron chi connectivity index (χ3n) is 3.05. The van der Waals surface area contributed by atoms with Gasteiger partial charge in [0.15, 0.2) is 0 Å². The van der Waals surface area contributed by atoms with Gasteiger partial charge in [0.1, 0.15) is 0 Å². The molecule has 0 radical (unpaired) electrons. The molecular formula is C17H30BrN. The Morgan fingerprint density at radius 1 is 0.684 bits per heavy atom. The summed E-state index contributed by atoms with van der Waals surface area (Å²) in [6.45, 7) is 2.28. The Hall–Kier alpha value is -0.370. The lowest BCUT2D eigenvalue weighted by Crippen LogP contribution is -1.81. The number of alkyl halides is 1. The Bertz CT molecular complexity index is 202. The van der Waals surface area contributed by atoms with Crippen molar-refractivity contribution in [3.05, 3.63) is 30.6 Å². The molecule has 0 aromatic carbocycles. The van der Waals surface area contributed by atoms with Crippen LogP contribution in [0.3, 0.4) is 0 Å². The van der Waals surface area contributed by atoms with Crippen LogP contribution in [0.1, 0.15) is 71.1 Å². The molecule has 0 spiro atoms. The van der Waals surface area contributed by atoms with Crippen molar-refractivity contribution >= 4 is 15.9 Å². The van der Waals surface area contributed by atoms with Crippen molar-refractivity contribution in [1.29, 1.82) is 0 Å². The fourth-order valence-corrected chi connectivity index (χ4v) is 2.29. The van der Waals surface area contributed by atoms with E-state index in [1.807, 2.05) is 18.2 Å². The number of nitrogens with zero attached hydrogens (tertiary/aromatic N) is 1. The van der Waals surface area contributed by atoms with Crippen LogP contribution in [0.4, 0.5) is 0 Å². The fraction of sp³-hybridized carbons (Fsp3) is 0.706. The lowest BCUT2D eigenvalue weighted by molar-refractivity contribution is 0.563. The van der Waals surface area contributed by atoms with E-state index in [-0.39, 0.29) is 0 Å². The van der Waals surface area contributed by atoms with Gasteiger partial charge in [-0.2, -0.15) is 0 Å². The molecule has 110 valence electrons. The highest BCUT2D eigenvalue weighted by Crippen LogP contribution is 2.10. The van der Waals surface area contributed by atoms with Crippen LogP contribution in [0.5, 0.6) is 0 Å². The average molecular weight is 328 g/mol. The van der Waals surface area contributed by atoms with E-state index in [2.05, 4.69) is 27.8 Å². The maximum absolute atomic E-state index is 3.78. The lowest BCUT2D eigenvalue weighted by atomic mass is 10.1. The van der Waals surface area contributed by atoms with E-state index >= 15 is 0 Å². The molecule has 1 aromatic rings. The molecule has 0 fully saturated rings. The summed E-state index contributed by atoms with van der Waals surface area (Å²) in [6.07, 6.45) is 17.8. The van der Waals surface area contributed by atoms with Crippen LogP contribution in [-0.2, 0) is 0 Å². The molecule has 0 saturated heterocycles. The van der Waals surface area contributed by atoms with Gasteiger partial charge in [0, 0.05) is 17.7 Å². The minimum Gasteiger partial charge on any atom is -0.265 e. The molecule has 19 heavy (non-hydrogen) atoms. The third-order valence-corrected chi connectivity index (χ3v) is 3.61. The number of aromatic nitrogens is 1. The van der Waals surface area contributed by atoms with E-state index < -0.39 is 0 Å². The van der Waals surface area contributed by atoms with Crippen LogP contribution < -0.4 is 0 Å². The van der Waals surface area contributed by atoms with E-state index in [1.54, 1.807) is 12.4 Å². The second-order valence-corrected chi connectivity index (χ2v) is 5.69. The second kappa shape index (κ2) is 17.6. The standard InChI is InChI=1S/C12H25Br.C5H5N/c1-2-3-4-5-6-7-8-9-10-11-12-13;1-2-4-6-5-3-1/h2-12H2,1H3;1-5H. The minimum absolute atomic E-state index is 1.18. The van der Waals surface area contributed by atoms with Gasteiger partial charge in [0.25, 0.3) is 0 Å². The highest BCUT2D eigenvalue weighted by atomic mass is 79.9. The molecule has 2 heteroatoms. The SMILES string of the molecule is CCCCCCCCCCCCBr.c1ccncc1. The van der Waals surface area contributed by atoms with E-state index in [4.69, 9.17) is 0 Å². The molecule has 0 aliphatic rings. The maximum Gasteiger partial charge on any atom is 0.0267 e. The van der Waals surface area contributed by atoms with Gasteiger partial charge in [-0.05, 0) is 18.6 Å². The highest BCUT2D eigenvalue weighted by Gasteiger charge is 1.91. The predicted molar refractivity (Wildman–Crippen MR) is 89.9 cm³/mol. The number of halogens is 1. The molecule has 1 aromatic heterocycles. The van der Waals surface area contributed by atoms with Gasteiger partial charge in [0.05, 0.1) is 0 Å². The molecule has 0 N–H and O–H groups in total. The zero-order valence-electron chi connectivity index (χ0n) is 12.5. The number of unbranched alkanes of at least 4 members (excludes halogenated alkanes) is 9. The Kier molecular flexibility index (Phi) is 17.3. The van der Waals surface area contributed by atoms with Crippen molar-refractivity contribution in [3.8, 4) is 0 Å². The van der Waals surface area contributed by atoms with Crippen molar-refractivity contribution in [2.45, 2.75) is 71.1 Å². The first kappa shape index (κ1) is 18.6. The first-order chi connectivity index (χ1) is 9.41. The molecule has 0 atom stereocenters. The monoisotopic (exact) mass is 327 g/mol. The van der Waals surface area contributed by atoms with E-state index in [9.17, 15) is 0 Å². The van der Waals surface area contributed by atoms with Crippen LogP contribution in [-0.4, -0.2) is 10.3 Å². The van der Waals surface area contributed by atoms with Crippen LogP contribution in [0, 0.1) is 0 Å². The number of pyridine rings is 1. The molecule has 0 aliphatic carbocycles. The second-order valence-electron chi connectivity index (χ2n) is 4.90. The van der Waals surface area contributed by atoms with Crippen LogP contribution in [0.25, 0.3) is 0 Å². The molecule has 0 amide bonds. The summed E-state index contributed by atoms with van der Waals surface area (Å²) in [6, 6.07) is 5.72. The first-order valence-electron chi connectivity index (χ1n) is 7.82. The Balaban J connectivity index is 0.000000443. The fourth-order valence-electron chi connectivity index (χ4n) is 1.89. The molecule has 1 heterocycles. The zero-order chi connectivity index (χ0) is 14.0. The summed E-state index contributed by atoms with van der Waals surface area (Å²) in [5.74, 6) is 0. The molecule has 1 rings (SSSR count). The van der Waals surface area contributed by atoms with Crippen molar-refractivity contribution in [2.24, 2.45) is 0 Å². The lowest BCUT2D eigenvalue weighted by Gasteiger charge is -2.00. The largest absolute Gasteiger partial charge is 0.265 e.